The SMILES string of the molecule is c1ccc(-c2nc(-c3ccccc3)nc(-c3c4ccccc4cc4c3oc3ccc(-n5c6ccccc6c6ccc7ccccc7c65)cc34)n2)cc1. The van der Waals surface area contributed by atoms with Crippen LogP contribution in [-0.4, -0.2) is 19.5 Å². The molecule has 0 spiro atoms. The molecule has 0 aliphatic rings. The van der Waals surface area contributed by atoms with Gasteiger partial charge in [-0.05, 0) is 46.5 Å². The lowest BCUT2D eigenvalue weighted by molar-refractivity contribution is 0.670. The van der Waals surface area contributed by atoms with Crippen molar-refractivity contribution < 1.29 is 4.42 Å². The minimum Gasteiger partial charge on any atom is -0.455 e. The zero-order valence-corrected chi connectivity index (χ0v) is 27.9. The second kappa shape index (κ2) is 11.2. The number of rotatable bonds is 4. The van der Waals surface area contributed by atoms with Crippen LogP contribution in [0.1, 0.15) is 0 Å². The van der Waals surface area contributed by atoms with Gasteiger partial charge in [-0.15, -0.1) is 0 Å². The molecule has 5 nitrogen and oxygen atoms in total. The Hall–Kier alpha value is -7.11. The van der Waals surface area contributed by atoms with Crippen molar-refractivity contribution in [3.05, 3.63) is 170 Å². The fraction of sp³-hybridized carbons (Fsp3) is 0. The van der Waals surface area contributed by atoms with Crippen molar-refractivity contribution in [3.8, 4) is 39.9 Å². The zero-order chi connectivity index (χ0) is 34.2. The van der Waals surface area contributed by atoms with E-state index in [2.05, 4.69) is 114 Å². The molecule has 3 heterocycles. The van der Waals surface area contributed by atoms with Gasteiger partial charge in [0.25, 0.3) is 0 Å². The normalized spacial score (nSPS) is 11.8. The highest BCUT2D eigenvalue weighted by Gasteiger charge is 2.22. The van der Waals surface area contributed by atoms with Gasteiger partial charge in [-0.25, -0.2) is 15.0 Å². The highest BCUT2D eigenvalue weighted by Crippen LogP contribution is 2.43. The van der Waals surface area contributed by atoms with Crippen molar-refractivity contribution in [3.63, 3.8) is 0 Å². The Morgan fingerprint density at radius 1 is 0.404 bits per heavy atom. The van der Waals surface area contributed by atoms with Gasteiger partial charge >= 0.3 is 0 Å². The van der Waals surface area contributed by atoms with Gasteiger partial charge in [-0.3, -0.25) is 0 Å². The van der Waals surface area contributed by atoms with E-state index < -0.39 is 0 Å². The first-order valence-corrected chi connectivity index (χ1v) is 17.5. The molecule has 52 heavy (non-hydrogen) atoms. The summed E-state index contributed by atoms with van der Waals surface area (Å²) in [5.41, 5.74) is 7.70. The summed E-state index contributed by atoms with van der Waals surface area (Å²) >= 11 is 0. The van der Waals surface area contributed by atoms with Crippen molar-refractivity contribution in [2.45, 2.75) is 0 Å². The number of benzene rings is 8. The molecule has 11 aromatic rings. The molecule has 11 rings (SSSR count). The van der Waals surface area contributed by atoms with E-state index in [1.54, 1.807) is 0 Å². The lowest BCUT2D eigenvalue weighted by Crippen LogP contribution is -2.00. The van der Waals surface area contributed by atoms with Gasteiger partial charge < -0.3 is 8.98 Å². The molecule has 0 atom stereocenters. The average Bonchev–Trinajstić information content (AvgIpc) is 3.75. The van der Waals surface area contributed by atoms with Crippen LogP contribution < -0.4 is 0 Å². The van der Waals surface area contributed by atoms with E-state index >= 15 is 0 Å². The van der Waals surface area contributed by atoms with Crippen LogP contribution in [0.5, 0.6) is 0 Å². The van der Waals surface area contributed by atoms with E-state index in [9.17, 15) is 0 Å². The van der Waals surface area contributed by atoms with Gasteiger partial charge in [0.15, 0.2) is 17.5 Å². The summed E-state index contributed by atoms with van der Waals surface area (Å²) < 4.78 is 9.25. The maximum absolute atomic E-state index is 6.85. The Labute approximate surface area is 298 Å². The summed E-state index contributed by atoms with van der Waals surface area (Å²) in [6, 6.07) is 59.1. The van der Waals surface area contributed by atoms with E-state index in [0.717, 1.165) is 55.1 Å². The highest BCUT2D eigenvalue weighted by molar-refractivity contribution is 6.20. The van der Waals surface area contributed by atoms with E-state index in [4.69, 9.17) is 19.4 Å². The Morgan fingerprint density at radius 3 is 1.77 bits per heavy atom. The molecule has 0 aliphatic heterocycles. The number of nitrogens with zero attached hydrogens (tertiary/aromatic N) is 4. The molecule has 0 unspecified atom stereocenters. The molecular formula is C47H28N4O. The second-order valence-electron chi connectivity index (χ2n) is 13.2. The maximum atomic E-state index is 6.85. The molecule has 0 aliphatic carbocycles. The van der Waals surface area contributed by atoms with Crippen LogP contribution in [0, 0.1) is 0 Å². The monoisotopic (exact) mass is 664 g/mol. The summed E-state index contributed by atoms with van der Waals surface area (Å²) in [6.07, 6.45) is 0. The van der Waals surface area contributed by atoms with Gasteiger partial charge in [0.05, 0.1) is 16.6 Å². The largest absolute Gasteiger partial charge is 0.455 e. The van der Waals surface area contributed by atoms with Crippen LogP contribution in [0.2, 0.25) is 0 Å². The van der Waals surface area contributed by atoms with Gasteiger partial charge in [0.2, 0.25) is 0 Å². The quantitative estimate of drug-likeness (QED) is 0.188. The van der Waals surface area contributed by atoms with E-state index in [1.165, 1.54) is 32.6 Å². The highest BCUT2D eigenvalue weighted by atomic mass is 16.3. The van der Waals surface area contributed by atoms with Crippen molar-refractivity contribution in [1.29, 1.82) is 0 Å². The number of fused-ring (bicyclic) bond motifs is 9. The van der Waals surface area contributed by atoms with Crippen LogP contribution in [0.4, 0.5) is 0 Å². The molecule has 0 radical (unpaired) electrons. The molecule has 0 bridgehead atoms. The lowest BCUT2D eigenvalue weighted by atomic mass is 9.99. The summed E-state index contributed by atoms with van der Waals surface area (Å²) in [5, 5.41) is 9.05. The van der Waals surface area contributed by atoms with Gasteiger partial charge in [0.1, 0.15) is 11.2 Å². The third kappa shape index (κ3) is 4.33. The fourth-order valence-electron chi connectivity index (χ4n) is 7.84. The topological polar surface area (TPSA) is 56.7 Å². The molecule has 0 fully saturated rings. The number of hydrogen-bond acceptors (Lipinski definition) is 4. The Bertz CT molecular complexity index is 3120. The standard InChI is InChI=1S/C47H28N4O/c1-3-14-30(15-4-1)45-48-46(31-16-5-2-6-17-31)50-47(49-45)42-34-19-9-8-18-32(34)27-39-38-28-33(24-26-41(38)52-44(39)42)51-40-22-12-11-21-36(40)37-25-23-29-13-7-10-20-35(29)43(37)51/h1-28H. The maximum Gasteiger partial charge on any atom is 0.168 e. The number of hydrogen-bond donors (Lipinski definition) is 0. The number of furan rings is 1. The average molecular weight is 665 g/mol. The summed E-state index contributed by atoms with van der Waals surface area (Å²) in [7, 11) is 0. The number of para-hydroxylation sites is 1. The molecule has 5 heteroatoms. The lowest BCUT2D eigenvalue weighted by Gasteiger charge is -2.11. The molecule has 8 aromatic carbocycles. The van der Waals surface area contributed by atoms with Crippen LogP contribution in [0.15, 0.2) is 174 Å². The molecular weight excluding hydrogens is 637 g/mol. The molecule has 242 valence electrons. The predicted octanol–water partition coefficient (Wildman–Crippen LogP) is 12.2. The van der Waals surface area contributed by atoms with Gasteiger partial charge in [0, 0.05) is 43.7 Å². The summed E-state index contributed by atoms with van der Waals surface area (Å²) in [5.74, 6) is 1.80. The van der Waals surface area contributed by atoms with Crippen molar-refractivity contribution >= 4 is 65.3 Å². The van der Waals surface area contributed by atoms with Crippen LogP contribution >= 0.6 is 0 Å². The Morgan fingerprint density at radius 2 is 1.02 bits per heavy atom. The van der Waals surface area contributed by atoms with Gasteiger partial charge in [-0.2, -0.15) is 0 Å². The van der Waals surface area contributed by atoms with Crippen LogP contribution in [0.25, 0.3) is 105 Å². The van der Waals surface area contributed by atoms with Crippen molar-refractivity contribution in [2.75, 3.05) is 0 Å². The molecule has 0 saturated carbocycles. The Balaban J connectivity index is 1.21. The molecule has 0 N–H and O–H groups in total. The van der Waals surface area contributed by atoms with E-state index in [-0.39, 0.29) is 0 Å². The molecule has 3 aromatic heterocycles. The first kappa shape index (κ1) is 28.7. The van der Waals surface area contributed by atoms with Gasteiger partial charge in [-0.1, -0.05) is 140 Å². The van der Waals surface area contributed by atoms with Crippen LogP contribution in [-0.2, 0) is 0 Å². The van der Waals surface area contributed by atoms with Crippen molar-refractivity contribution in [2.24, 2.45) is 0 Å². The van der Waals surface area contributed by atoms with Crippen LogP contribution in [0.3, 0.4) is 0 Å². The summed E-state index contributed by atoms with van der Waals surface area (Å²) in [6.45, 7) is 0. The first-order valence-electron chi connectivity index (χ1n) is 17.5. The molecule has 0 saturated heterocycles. The third-order valence-corrected chi connectivity index (χ3v) is 10.2. The first-order chi connectivity index (χ1) is 25.8. The minimum absolute atomic E-state index is 0.572. The molecule has 0 amide bonds. The van der Waals surface area contributed by atoms with E-state index in [1.807, 2.05) is 60.7 Å². The van der Waals surface area contributed by atoms with E-state index in [0.29, 0.717) is 17.5 Å². The third-order valence-electron chi connectivity index (χ3n) is 10.2. The minimum atomic E-state index is 0.572. The number of aromatic nitrogens is 4. The summed E-state index contributed by atoms with van der Waals surface area (Å²) in [4.78, 5) is 15.2. The Kier molecular flexibility index (Phi) is 6.18. The van der Waals surface area contributed by atoms with Crippen molar-refractivity contribution in [1.82, 2.24) is 19.5 Å². The fourth-order valence-corrected chi connectivity index (χ4v) is 7.84. The second-order valence-corrected chi connectivity index (χ2v) is 13.2. The smallest absolute Gasteiger partial charge is 0.168 e. The zero-order valence-electron chi connectivity index (χ0n) is 27.9. The predicted molar refractivity (Wildman–Crippen MR) is 213 cm³/mol.